The lowest BCUT2D eigenvalue weighted by Gasteiger charge is -2.62. The zero-order chi connectivity index (χ0) is 26.4. The molecular weight excluding hydrogens is 502 g/mol. The van der Waals surface area contributed by atoms with Crippen LogP contribution in [0.3, 0.4) is 0 Å². The molecule has 0 amide bonds. The van der Waals surface area contributed by atoms with Gasteiger partial charge in [0, 0.05) is 23.8 Å². The summed E-state index contributed by atoms with van der Waals surface area (Å²) in [4.78, 5) is 9.21. The predicted molar refractivity (Wildman–Crippen MR) is 157 cm³/mol. The first-order valence-electron chi connectivity index (χ1n) is 14.8. The van der Waals surface area contributed by atoms with Crippen molar-refractivity contribution in [1.82, 2.24) is 15.3 Å². The summed E-state index contributed by atoms with van der Waals surface area (Å²) >= 11 is 1.76. The Labute approximate surface area is 235 Å². The van der Waals surface area contributed by atoms with E-state index in [0.29, 0.717) is 47.2 Å². The maximum Gasteiger partial charge on any atom is 0.224 e. The molecule has 5 fully saturated rings. The molecule has 5 aliphatic rings. The molecule has 4 aliphatic carbocycles. The van der Waals surface area contributed by atoms with E-state index in [1.165, 1.54) is 60.6 Å². The van der Waals surface area contributed by atoms with Crippen LogP contribution in [0, 0.1) is 46.3 Å². The number of anilines is 2. The Bertz CT molecular complexity index is 1360. The summed E-state index contributed by atoms with van der Waals surface area (Å²) in [5, 5.41) is 23.7. The maximum atomic E-state index is 9.78. The van der Waals surface area contributed by atoms with Crippen molar-refractivity contribution >= 4 is 33.2 Å². The van der Waals surface area contributed by atoms with E-state index in [4.69, 9.17) is 10.7 Å². The van der Waals surface area contributed by atoms with Gasteiger partial charge in [0.15, 0.2) is 0 Å². The quantitative estimate of drug-likeness (QED) is 0.304. The zero-order valence-corrected chi connectivity index (χ0v) is 23.4. The predicted octanol–water partition coefficient (Wildman–Crippen LogP) is 5.36. The van der Waals surface area contributed by atoms with Gasteiger partial charge in [-0.05, 0) is 115 Å². The van der Waals surface area contributed by atoms with Gasteiger partial charge in [0.1, 0.15) is 17.5 Å². The van der Waals surface area contributed by atoms with Gasteiger partial charge in [-0.25, -0.2) is 4.98 Å². The Morgan fingerprint density at radius 3 is 2.74 bits per heavy atom. The number of aromatic nitrogens is 2. The summed E-state index contributed by atoms with van der Waals surface area (Å²) in [5.41, 5.74) is 9.06. The van der Waals surface area contributed by atoms with E-state index < -0.39 is 0 Å². The SMILES string of the molecule is N#Cc1cnc(NCc2cccc3ccsc23)nc1NCC12CC3CC(C1)C(C(N)C1CCNCC1)[C@H](C3)C2. The summed E-state index contributed by atoms with van der Waals surface area (Å²) in [6.07, 6.45) is 10.7. The second kappa shape index (κ2) is 10.3. The van der Waals surface area contributed by atoms with E-state index in [1.807, 2.05) is 0 Å². The van der Waals surface area contributed by atoms with Crippen molar-refractivity contribution in [2.75, 3.05) is 30.3 Å². The third-order valence-corrected chi connectivity index (χ3v) is 11.4. The van der Waals surface area contributed by atoms with Crippen molar-refractivity contribution in [2.45, 2.75) is 57.5 Å². The number of piperidine rings is 1. The Morgan fingerprint density at radius 2 is 1.95 bits per heavy atom. The standard InChI is InChI=1S/C31H39N7S/c32-15-25-17-36-30(35-16-22-3-1-2-21-6-9-39-28(21)22)38-29(25)37-18-31-12-19-10-23(13-31)26(24(11-19)14-31)27(33)20-4-7-34-8-5-20/h1-3,6,9,17,19-20,23-24,26-27,34H,4-5,7-8,10-14,16,18,33H2,(H2,35,36,37,38)/t19?,23-,24?,26?,27?,31?/m1/s1. The Kier molecular flexibility index (Phi) is 6.70. The van der Waals surface area contributed by atoms with Gasteiger partial charge >= 0.3 is 0 Å². The lowest BCUT2D eigenvalue weighted by molar-refractivity contribution is -0.102. The van der Waals surface area contributed by atoms with Crippen LogP contribution in [-0.4, -0.2) is 35.6 Å². The molecule has 2 aromatic heterocycles. The number of thiophene rings is 1. The molecule has 3 heterocycles. The first kappa shape index (κ1) is 25.3. The minimum atomic E-state index is 0.293. The van der Waals surface area contributed by atoms with Gasteiger partial charge in [-0.15, -0.1) is 11.3 Å². The molecule has 8 rings (SSSR count). The summed E-state index contributed by atoms with van der Waals surface area (Å²) in [6, 6.07) is 11.2. The highest BCUT2D eigenvalue weighted by Gasteiger charge is 2.56. The second-order valence-electron chi connectivity index (χ2n) is 12.7. The highest BCUT2D eigenvalue weighted by molar-refractivity contribution is 7.17. The van der Waals surface area contributed by atoms with E-state index in [0.717, 1.165) is 37.4 Å². The molecule has 5 unspecified atom stereocenters. The minimum absolute atomic E-state index is 0.293. The normalized spacial score (nSPS) is 30.8. The molecule has 204 valence electrons. The Balaban J connectivity index is 1.04. The van der Waals surface area contributed by atoms with E-state index in [9.17, 15) is 5.26 Å². The molecule has 5 N–H and O–H groups in total. The average Bonchev–Trinajstić information content (AvgIpc) is 3.45. The van der Waals surface area contributed by atoms with E-state index in [1.54, 1.807) is 17.5 Å². The average molecular weight is 542 g/mol. The molecule has 3 aromatic rings. The second-order valence-corrected chi connectivity index (χ2v) is 13.7. The highest BCUT2D eigenvalue weighted by Crippen LogP contribution is 2.63. The van der Waals surface area contributed by atoms with Gasteiger partial charge in [0.25, 0.3) is 0 Å². The first-order valence-corrected chi connectivity index (χ1v) is 15.6. The van der Waals surface area contributed by atoms with Crippen LogP contribution in [0.4, 0.5) is 11.8 Å². The van der Waals surface area contributed by atoms with Crippen LogP contribution in [-0.2, 0) is 6.54 Å². The molecule has 7 nitrogen and oxygen atoms in total. The first-order chi connectivity index (χ1) is 19.1. The number of nitrogens with zero attached hydrogens (tertiary/aromatic N) is 3. The van der Waals surface area contributed by atoms with Crippen LogP contribution in [0.1, 0.15) is 56.1 Å². The largest absolute Gasteiger partial charge is 0.368 e. The van der Waals surface area contributed by atoms with E-state index in [-0.39, 0.29) is 0 Å². The van der Waals surface area contributed by atoms with Gasteiger partial charge < -0.3 is 21.7 Å². The summed E-state index contributed by atoms with van der Waals surface area (Å²) in [6.45, 7) is 3.78. The van der Waals surface area contributed by atoms with Crippen LogP contribution in [0.25, 0.3) is 10.1 Å². The summed E-state index contributed by atoms with van der Waals surface area (Å²) < 4.78 is 1.29. The van der Waals surface area contributed by atoms with Crippen molar-refractivity contribution in [2.24, 2.45) is 40.7 Å². The molecule has 39 heavy (non-hydrogen) atoms. The van der Waals surface area contributed by atoms with Crippen LogP contribution in [0.2, 0.25) is 0 Å². The number of hydrogen-bond acceptors (Lipinski definition) is 8. The topological polar surface area (TPSA) is 112 Å². The fourth-order valence-corrected chi connectivity index (χ4v) is 9.86. The summed E-state index contributed by atoms with van der Waals surface area (Å²) in [7, 11) is 0. The Hall–Kier alpha value is -2.73. The smallest absolute Gasteiger partial charge is 0.224 e. The fourth-order valence-electron chi connectivity index (χ4n) is 8.94. The Morgan fingerprint density at radius 1 is 1.13 bits per heavy atom. The van der Waals surface area contributed by atoms with Crippen molar-refractivity contribution in [1.29, 1.82) is 5.26 Å². The van der Waals surface area contributed by atoms with Gasteiger partial charge in [0.05, 0.1) is 6.20 Å². The van der Waals surface area contributed by atoms with Crippen LogP contribution in [0.5, 0.6) is 0 Å². The minimum Gasteiger partial charge on any atom is -0.368 e. The molecular formula is C31H39N7S. The van der Waals surface area contributed by atoms with E-state index >= 15 is 0 Å². The highest BCUT2D eigenvalue weighted by atomic mass is 32.1. The molecule has 1 aromatic carbocycles. The molecule has 0 radical (unpaired) electrons. The van der Waals surface area contributed by atoms with Crippen molar-refractivity contribution in [3.8, 4) is 6.07 Å². The number of nitrogens with one attached hydrogen (secondary N) is 3. The monoisotopic (exact) mass is 541 g/mol. The molecule has 1 aliphatic heterocycles. The lowest BCUT2D eigenvalue weighted by atomic mass is 9.44. The molecule has 8 heteroatoms. The molecule has 0 spiro atoms. The van der Waals surface area contributed by atoms with Crippen molar-refractivity contribution in [3.63, 3.8) is 0 Å². The van der Waals surface area contributed by atoms with Gasteiger partial charge in [-0.3, -0.25) is 0 Å². The lowest BCUT2D eigenvalue weighted by Crippen LogP contribution is -2.59. The van der Waals surface area contributed by atoms with Crippen molar-refractivity contribution in [3.05, 3.63) is 47.0 Å². The summed E-state index contributed by atoms with van der Waals surface area (Å²) in [5.74, 6) is 4.92. The maximum absolute atomic E-state index is 9.78. The fraction of sp³-hybridized carbons (Fsp3) is 0.581. The number of nitriles is 1. The molecule has 4 saturated carbocycles. The number of rotatable bonds is 8. The zero-order valence-electron chi connectivity index (χ0n) is 22.5. The van der Waals surface area contributed by atoms with Gasteiger partial charge in [-0.2, -0.15) is 10.2 Å². The number of hydrogen-bond donors (Lipinski definition) is 4. The molecule has 6 atom stereocenters. The number of fused-ring (bicyclic) bond motifs is 1. The van der Waals surface area contributed by atoms with Gasteiger partial charge in [0.2, 0.25) is 5.95 Å². The number of benzene rings is 1. The van der Waals surface area contributed by atoms with Crippen molar-refractivity contribution < 1.29 is 0 Å². The van der Waals surface area contributed by atoms with E-state index in [2.05, 4.69) is 56.6 Å². The van der Waals surface area contributed by atoms with Crippen LogP contribution >= 0.6 is 11.3 Å². The molecule has 1 saturated heterocycles. The number of nitrogens with two attached hydrogens (primary N) is 1. The molecule has 4 bridgehead atoms. The third-order valence-electron chi connectivity index (χ3n) is 10.4. The van der Waals surface area contributed by atoms with Crippen LogP contribution in [0.15, 0.2) is 35.8 Å². The third kappa shape index (κ3) is 4.79. The van der Waals surface area contributed by atoms with Gasteiger partial charge in [-0.1, -0.05) is 18.2 Å². The van der Waals surface area contributed by atoms with Crippen LogP contribution < -0.4 is 21.7 Å².